The first-order chi connectivity index (χ1) is 8.75. The van der Waals surface area contributed by atoms with Gasteiger partial charge in [0.25, 0.3) is 0 Å². The summed E-state index contributed by atoms with van der Waals surface area (Å²) in [7, 11) is 0. The van der Waals surface area contributed by atoms with Crippen molar-refractivity contribution in [3.05, 3.63) is 71.7 Å². The lowest BCUT2D eigenvalue weighted by Crippen LogP contribution is -2.37. The lowest BCUT2D eigenvalue weighted by atomic mass is 9.74. The minimum atomic E-state index is 0.325. The van der Waals surface area contributed by atoms with Crippen LogP contribution in [0.5, 0.6) is 0 Å². The average Bonchev–Trinajstić information content (AvgIpc) is 2.95. The van der Waals surface area contributed by atoms with Crippen LogP contribution < -0.4 is 5.32 Å². The molecule has 0 aromatic heterocycles. The molecule has 1 N–H and O–H groups in total. The Kier molecular flexibility index (Phi) is 1.77. The molecule has 1 saturated heterocycles. The van der Waals surface area contributed by atoms with Crippen LogP contribution >= 0.6 is 0 Å². The Morgan fingerprint density at radius 3 is 2.94 bits per heavy atom. The van der Waals surface area contributed by atoms with Gasteiger partial charge in [-0.25, -0.2) is 0 Å². The van der Waals surface area contributed by atoms with Crippen molar-refractivity contribution in [3.63, 3.8) is 0 Å². The van der Waals surface area contributed by atoms with Crippen molar-refractivity contribution in [2.75, 3.05) is 0 Å². The summed E-state index contributed by atoms with van der Waals surface area (Å²) < 4.78 is 0. The van der Waals surface area contributed by atoms with Gasteiger partial charge in [0.1, 0.15) is 0 Å². The highest BCUT2D eigenvalue weighted by atomic mass is 15.0. The minimum absolute atomic E-state index is 0.325. The monoisotopic (exact) mass is 234 g/mol. The molecule has 88 valence electrons. The summed E-state index contributed by atoms with van der Waals surface area (Å²) in [6.07, 6.45) is 11.7. The third-order valence-corrected chi connectivity index (χ3v) is 4.22. The van der Waals surface area contributed by atoms with Crippen molar-refractivity contribution in [2.24, 2.45) is 10.9 Å². The molecule has 2 heterocycles. The number of hydrogen-bond acceptors (Lipinski definition) is 2. The van der Waals surface area contributed by atoms with Crippen molar-refractivity contribution in [3.8, 4) is 0 Å². The van der Waals surface area contributed by atoms with E-state index in [0.717, 1.165) is 23.4 Å². The van der Waals surface area contributed by atoms with Gasteiger partial charge in [0.2, 0.25) is 0 Å². The van der Waals surface area contributed by atoms with Gasteiger partial charge < -0.3 is 5.32 Å². The second-order valence-corrected chi connectivity index (χ2v) is 5.12. The fraction of sp³-hybridized carbons (Fsp3) is 0.188. The first-order valence-electron chi connectivity index (χ1n) is 6.28. The van der Waals surface area contributed by atoms with Crippen molar-refractivity contribution in [1.29, 1.82) is 0 Å². The first kappa shape index (κ1) is 9.89. The third kappa shape index (κ3) is 1.10. The van der Waals surface area contributed by atoms with E-state index >= 15 is 0 Å². The lowest BCUT2D eigenvalue weighted by Gasteiger charge is -2.32. The smallest absolute Gasteiger partial charge is 0.0735 e. The zero-order chi connectivity index (χ0) is 12.3. The van der Waals surface area contributed by atoms with Crippen molar-refractivity contribution in [2.45, 2.75) is 12.5 Å². The summed E-state index contributed by atoms with van der Waals surface area (Å²) in [5.41, 5.74) is 7.06. The quantitative estimate of drug-likeness (QED) is 0.684. The maximum absolute atomic E-state index is 4.49. The molecular formula is C16H14N2. The zero-order valence-electron chi connectivity index (χ0n) is 10.1. The normalized spacial score (nSPS) is 31.8. The van der Waals surface area contributed by atoms with E-state index in [-0.39, 0.29) is 0 Å². The van der Waals surface area contributed by atoms with E-state index in [4.69, 9.17) is 0 Å². The fourth-order valence-electron chi connectivity index (χ4n) is 3.24. The highest BCUT2D eigenvalue weighted by Crippen LogP contribution is 2.42. The van der Waals surface area contributed by atoms with Crippen LogP contribution in [0.1, 0.15) is 6.42 Å². The van der Waals surface area contributed by atoms with E-state index in [2.05, 4.69) is 47.8 Å². The molecule has 0 aromatic rings. The molecule has 0 spiro atoms. The summed E-state index contributed by atoms with van der Waals surface area (Å²) in [5.74, 6) is 0.461. The summed E-state index contributed by atoms with van der Waals surface area (Å²) in [6.45, 7) is 8.14. The first-order valence-corrected chi connectivity index (χ1v) is 6.28. The Morgan fingerprint density at radius 1 is 1.22 bits per heavy atom. The highest BCUT2D eigenvalue weighted by molar-refractivity contribution is 6.17. The second-order valence-electron chi connectivity index (χ2n) is 5.12. The molecule has 1 fully saturated rings. The van der Waals surface area contributed by atoms with Gasteiger partial charge in [-0.3, -0.25) is 4.99 Å². The topological polar surface area (TPSA) is 24.4 Å². The number of nitrogens with one attached hydrogen (secondary N) is 1. The predicted octanol–water partition coefficient (Wildman–Crippen LogP) is 2.81. The molecule has 4 aliphatic rings. The van der Waals surface area contributed by atoms with E-state index in [0.29, 0.717) is 12.0 Å². The van der Waals surface area contributed by atoms with Gasteiger partial charge in [0.15, 0.2) is 0 Å². The molecule has 2 unspecified atom stereocenters. The van der Waals surface area contributed by atoms with Crippen LogP contribution in [0.2, 0.25) is 0 Å². The average molecular weight is 234 g/mol. The van der Waals surface area contributed by atoms with E-state index in [1.54, 1.807) is 0 Å². The summed E-state index contributed by atoms with van der Waals surface area (Å²) in [4.78, 5) is 4.49. The molecule has 2 heteroatoms. The molecule has 18 heavy (non-hydrogen) atoms. The Morgan fingerprint density at radius 2 is 2.06 bits per heavy atom. The van der Waals surface area contributed by atoms with E-state index < -0.39 is 0 Å². The molecule has 0 bridgehead atoms. The molecule has 0 amide bonds. The van der Waals surface area contributed by atoms with Crippen molar-refractivity contribution >= 4 is 5.71 Å². The van der Waals surface area contributed by atoms with Gasteiger partial charge >= 0.3 is 0 Å². The summed E-state index contributed by atoms with van der Waals surface area (Å²) in [6, 6.07) is 0.325. The van der Waals surface area contributed by atoms with E-state index in [1.807, 2.05) is 6.20 Å². The number of allylic oxidation sites excluding steroid dienone is 6. The van der Waals surface area contributed by atoms with Crippen molar-refractivity contribution < 1.29 is 0 Å². The van der Waals surface area contributed by atoms with E-state index in [1.165, 1.54) is 16.7 Å². The van der Waals surface area contributed by atoms with Crippen LogP contribution in [0.3, 0.4) is 0 Å². The SMILES string of the molecule is C=C1NC2C(=CC=C3C4=NC=CC4=CCC32)C1=C. The molecule has 2 nitrogen and oxygen atoms in total. The zero-order valence-corrected chi connectivity index (χ0v) is 10.1. The van der Waals surface area contributed by atoms with Crippen LogP contribution in [0.4, 0.5) is 0 Å². The molecule has 2 aliphatic carbocycles. The third-order valence-electron chi connectivity index (χ3n) is 4.22. The van der Waals surface area contributed by atoms with Gasteiger partial charge in [0, 0.05) is 17.8 Å². The maximum atomic E-state index is 4.49. The van der Waals surface area contributed by atoms with Gasteiger partial charge in [-0.1, -0.05) is 31.4 Å². The van der Waals surface area contributed by atoms with Gasteiger partial charge in [0.05, 0.1) is 11.8 Å². The molecule has 0 aromatic carbocycles. The molecule has 0 radical (unpaired) electrons. The molecule has 4 rings (SSSR count). The molecule has 0 saturated carbocycles. The number of nitrogens with zero attached hydrogens (tertiary/aromatic N) is 1. The Hall–Kier alpha value is -2.09. The highest BCUT2D eigenvalue weighted by Gasteiger charge is 2.39. The van der Waals surface area contributed by atoms with Gasteiger partial charge in [-0.2, -0.15) is 0 Å². The van der Waals surface area contributed by atoms with Crippen LogP contribution in [-0.4, -0.2) is 11.8 Å². The standard InChI is InChI=1S/C16H14N2/c1-9-10(2)18-16-12(9)5-6-13-14(16)4-3-11-7-8-17-15(11)13/h3,5-8,14,16,18H,1-2,4H2. The number of hydrogen-bond donors (Lipinski definition) is 1. The fourth-order valence-corrected chi connectivity index (χ4v) is 3.24. The maximum Gasteiger partial charge on any atom is 0.0735 e. The Bertz CT molecular complexity index is 638. The molecule has 2 atom stereocenters. The van der Waals surface area contributed by atoms with Gasteiger partial charge in [-0.05, 0) is 34.8 Å². The van der Waals surface area contributed by atoms with Crippen LogP contribution in [0, 0.1) is 5.92 Å². The lowest BCUT2D eigenvalue weighted by molar-refractivity contribution is 0.505. The van der Waals surface area contributed by atoms with E-state index in [9.17, 15) is 0 Å². The Labute approximate surface area is 106 Å². The van der Waals surface area contributed by atoms with Crippen LogP contribution in [0.25, 0.3) is 0 Å². The number of fused-ring (bicyclic) bond motifs is 5. The van der Waals surface area contributed by atoms with Crippen LogP contribution in [0.15, 0.2) is 76.6 Å². The predicted molar refractivity (Wildman–Crippen MR) is 74.1 cm³/mol. The molecular weight excluding hydrogens is 220 g/mol. The Balaban J connectivity index is 1.83. The summed E-state index contributed by atoms with van der Waals surface area (Å²) >= 11 is 0. The minimum Gasteiger partial charge on any atom is -0.378 e. The number of aliphatic imine (C=N–C) groups is 1. The second kappa shape index (κ2) is 3.22. The number of rotatable bonds is 0. The van der Waals surface area contributed by atoms with Crippen molar-refractivity contribution in [1.82, 2.24) is 5.32 Å². The van der Waals surface area contributed by atoms with Gasteiger partial charge in [-0.15, -0.1) is 0 Å². The summed E-state index contributed by atoms with van der Waals surface area (Å²) in [5, 5.41) is 3.48. The van der Waals surface area contributed by atoms with Crippen LogP contribution in [-0.2, 0) is 0 Å². The molecule has 2 aliphatic heterocycles. The largest absolute Gasteiger partial charge is 0.378 e.